The van der Waals surface area contributed by atoms with E-state index < -0.39 is 0 Å². The summed E-state index contributed by atoms with van der Waals surface area (Å²) < 4.78 is 0. The van der Waals surface area contributed by atoms with Crippen LogP contribution in [0, 0.1) is 13.8 Å². The quantitative estimate of drug-likeness (QED) is 0.865. The van der Waals surface area contributed by atoms with Gasteiger partial charge in [0.25, 0.3) is 0 Å². The van der Waals surface area contributed by atoms with Crippen molar-refractivity contribution in [1.82, 2.24) is 15.3 Å². The molecule has 2 N–H and O–H groups in total. The van der Waals surface area contributed by atoms with Gasteiger partial charge >= 0.3 is 0 Å². The molecule has 1 atom stereocenters. The first-order valence-corrected chi connectivity index (χ1v) is 6.53. The first kappa shape index (κ1) is 12.0. The van der Waals surface area contributed by atoms with Crippen molar-refractivity contribution in [3.63, 3.8) is 0 Å². The number of rotatable bonds is 2. The molecule has 1 aromatic heterocycles. The van der Waals surface area contributed by atoms with Crippen LogP contribution in [0.25, 0.3) is 11.3 Å². The van der Waals surface area contributed by atoms with E-state index in [2.05, 4.69) is 46.5 Å². The number of nitrogens with zero attached hydrogens (tertiary/aromatic N) is 1. The molecule has 1 aromatic carbocycles. The predicted molar refractivity (Wildman–Crippen MR) is 73.9 cm³/mol. The van der Waals surface area contributed by atoms with E-state index >= 15 is 0 Å². The van der Waals surface area contributed by atoms with E-state index in [9.17, 15) is 4.79 Å². The summed E-state index contributed by atoms with van der Waals surface area (Å²) in [7, 11) is 0. The van der Waals surface area contributed by atoms with Crippen LogP contribution < -0.4 is 5.32 Å². The van der Waals surface area contributed by atoms with Crippen molar-refractivity contribution in [3.05, 3.63) is 41.3 Å². The molecule has 0 bridgehead atoms. The summed E-state index contributed by atoms with van der Waals surface area (Å²) in [6, 6.07) is 8.34. The minimum atomic E-state index is 0.107. The van der Waals surface area contributed by atoms with E-state index in [0.29, 0.717) is 13.0 Å². The number of nitrogens with one attached hydrogen (secondary N) is 2. The lowest BCUT2D eigenvalue weighted by molar-refractivity contribution is -0.119. The average Bonchev–Trinajstić information content (AvgIpc) is 2.97. The van der Waals surface area contributed by atoms with E-state index in [1.165, 1.54) is 5.56 Å². The maximum Gasteiger partial charge on any atom is 0.220 e. The highest BCUT2D eigenvalue weighted by atomic mass is 16.1. The second-order valence-corrected chi connectivity index (χ2v) is 5.17. The van der Waals surface area contributed by atoms with Crippen molar-refractivity contribution < 1.29 is 4.79 Å². The van der Waals surface area contributed by atoms with Crippen molar-refractivity contribution >= 4 is 5.91 Å². The highest BCUT2D eigenvalue weighted by Gasteiger charge is 2.26. The van der Waals surface area contributed by atoms with Crippen LogP contribution in [0.2, 0.25) is 0 Å². The molecule has 98 valence electrons. The molecule has 0 radical (unpaired) electrons. The fourth-order valence-corrected chi connectivity index (χ4v) is 2.47. The van der Waals surface area contributed by atoms with Crippen LogP contribution in [0.4, 0.5) is 0 Å². The lowest BCUT2D eigenvalue weighted by Gasteiger charge is -2.01. The Morgan fingerprint density at radius 1 is 1.21 bits per heavy atom. The first-order valence-electron chi connectivity index (χ1n) is 6.53. The molecular weight excluding hydrogens is 238 g/mol. The summed E-state index contributed by atoms with van der Waals surface area (Å²) in [5, 5.41) is 2.85. The van der Waals surface area contributed by atoms with Gasteiger partial charge in [-0.15, -0.1) is 0 Å². The third-order valence-corrected chi connectivity index (χ3v) is 3.59. The van der Waals surface area contributed by atoms with E-state index in [0.717, 1.165) is 22.8 Å². The van der Waals surface area contributed by atoms with Crippen molar-refractivity contribution in [2.45, 2.75) is 26.2 Å². The number of carbonyl (C=O) groups is 1. The molecule has 2 heterocycles. The molecule has 4 heteroatoms. The van der Waals surface area contributed by atoms with Crippen LogP contribution >= 0.6 is 0 Å². The Labute approximate surface area is 112 Å². The van der Waals surface area contributed by atoms with E-state index in [1.807, 2.05) is 6.92 Å². The fourth-order valence-electron chi connectivity index (χ4n) is 2.47. The molecule has 1 saturated heterocycles. The van der Waals surface area contributed by atoms with Crippen LogP contribution in [-0.2, 0) is 4.79 Å². The maximum atomic E-state index is 11.3. The minimum Gasteiger partial charge on any atom is -0.355 e. The number of hydrogen-bond acceptors (Lipinski definition) is 2. The molecule has 1 aliphatic heterocycles. The normalized spacial score (nSPS) is 18.6. The monoisotopic (exact) mass is 255 g/mol. The molecular formula is C15H17N3O. The highest BCUT2D eigenvalue weighted by Crippen LogP contribution is 2.27. The number of benzene rings is 1. The van der Waals surface area contributed by atoms with E-state index in [1.54, 1.807) is 0 Å². The SMILES string of the molecule is Cc1ccc(-c2nc(C3CNC(=O)C3)[nH]c2C)cc1. The van der Waals surface area contributed by atoms with E-state index in [4.69, 9.17) is 0 Å². The van der Waals surface area contributed by atoms with Gasteiger partial charge in [0, 0.05) is 30.1 Å². The molecule has 1 aliphatic rings. The van der Waals surface area contributed by atoms with Gasteiger partial charge in [-0.05, 0) is 13.8 Å². The van der Waals surface area contributed by atoms with Gasteiger partial charge in [0.15, 0.2) is 0 Å². The Bertz CT molecular complexity index is 613. The summed E-state index contributed by atoms with van der Waals surface area (Å²) in [4.78, 5) is 19.3. The van der Waals surface area contributed by atoms with Gasteiger partial charge in [-0.25, -0.2) is 4.98 Å². The number of carbonyl (C=O) groups excluding carboxylic acids is 1. The highest BCUT2D eigenvalue weighted by molar-refractivity contribution is 5.79. The van der Waals surface area contributed by atoms with Crippen molar-refractivity contribution in [2.24, 2.45) is 0 Å². The molecule has 19 heavy (non-hydrogen) atoms. The molecule has 0 saturated carbocycles. The van der Waals surface area contributed by atoms with Gasteiger partial charge in [0.1, 0.15) is 5.82 Å². The summed E-state index contributed by atoms with van der Waals surface area (Å²) in [6.07, 6.45) is 0.528. The van der Waals surface area contributed by atoms with Crippen molar-refractivity contribution in [2.75, 3.05) is 6.54 Å². The largest absolute Gasteiger partial charge is 0.355 e. The first-order chi connectivity index (χ1) is 9.13. The summed E-state index contributed by atoms with van der Waals surface area (Å²) in [6.45, 7) is 4.78. The molecule has 1 amide bonds. The van der Waals surface area contributed by atoms with Gasteiger partial charge in [0.2, 0.25) is 5.91 Å². The zero-order chi connectivity index (χ0) is 13.4. The number of H-pyrrole nitrogens is 1. The van der Waals surface area contributed by atoms with Gasteiger partial charge in [0.05, 0.1) is 5.69 Å². The van der Waals surface area contributed by atoms with Crippen LogP contribution in [0.1, 0.15) is 29.4 Å². The van der Waals surface area contributed by atoms with E-state index in [-0.39, 0.29) is 11.8 Å². The van der Waals surface area contributed by atoms with Crippen molar-refractivity contribution in [1.29, 1.82) is 0 Å². The molecule has 4 nitrogen and oxygen atoms in total. The van der Waals surface area contributed by atoms with Crippen LogP contribution in [0.15, 0.2) is 24.3 Å². The number of aryl methyl sites for hydroxylation is 2. The third-order valence-electron chi connectivity index (χ3n) is 3.59. The zero-order valence-electron chi connectivity index (χ0n) is 11.2. The summed E-state index contributed by atoms with van der Waals surface area (Å²) >= 11 is 0. The second-order valence-electron chi connectivity index (χ2n) is 5.17. The molecule has 1 unspecified atom stereocenters. The Morgan fingerprint density at radius 3 is 2.58 bits per heavy atom. The lowest BCUT2D eigenvalue weighted by Crippen LogP contribution is -2.13. The van der Waals surface area contributed by atoms with Gasteiger partial charge in [-0.1, -0.05) is 29.8 Å². The Hall–Kier alpha value is -2.10. The van der Waals surface area contributed by atoms with Crippen LogP contribution in [0.5, 0.6) is 0 Å². The Kier molecular flexibility index (Phi) is 2.85. The van der Waals surface area contributed by atoms with Crippen LogP contribution in [0.3, 0.4) is 0 Å². The molecule has 0 spiro atoms. The third kappa shape index (κ3) is 2.26. The average molecular weight is 255 g/mol. The summed E-state index contributed by atoms with van der Waals surface area (Å²) in [5.41, 5.74) is 4.39. The Morgan fingerprint density at radius 2 is 1.95 bits per heavy atom. The number of imidazole rings is 1. The Balaban J connectivity index is 1.93. The predicted octanol–water partition coefficient (Wildman–Crippen LogP) is 2.30. The fraction of sp³-hybridized carbons (Fsp3) is 0.333. The molecule has 2 aromatic rings. The van der Waals surface area contributed by atoms with Crippen molar-refractivity contribution in [3.8, 4) is 11.3 Å². The molecule has 3 rings (SSSR count). The molecule has 0 aliphatic carbocycles. The van der Waals surface area contributed by atoms with Gasteiger partial charge in [-0.3, -0.25) is 4.79 Å². The number of aromatic amines is 1. The summed E-state index contributed by atoms with van der Waals surface area (Å²) in [5.74, 6) is 1.19. The number of amides is 1. The maximum absolute atomic E-state index is 11.3. The van der Waals surface area contributed by atoms with Gasteiger partial charge in [-0.2, -0.15) is 0 Å². The topological polar surface area (TPSA) is 57.8 Å². The van der Waals surface area contributed by atoms with Gasteiger partial charge < -0.3 is 10.3 Å². The standard InChI is InChI=1S/C15H17N3O/c1-9-3-5-11(6-4-9)14-10(2)17-15(18-14)12-7-13(19)16-8-12/h3-6,12H,7-8H2,1-2H3,(H,16,19)(H,17,18). The van der Waals surface area contributed by atoms with Crippen LogP contribution in [-0.4, -0.2) is 22.4 Å². The second kappa shape index (κ2) is 4.53. The molecule has 1 fully saturated rings. The minimum absolute atomic E-state index is 0.107. The lowest BCUT2D eigenvalue weighted by atomic mass is 10.1. The number of hydrogen-bond donors (Lipinski definition) is 2. The zero-order valence-corrected chi connectivity index (χ0v) is 11.2. The number of aromatic nitrogens is 2. The smallest absolute Gasteiger partial charge is 0.220 e.